The summed E-state index contributed by atoms with van der Waals surface area (Å²) in [6.45, 7) is 2.03. The average Bonchev–Trinajstić information content (AvgIpc) is 3.27. The number of aromatic amines is 1. The summed E-state index contributed by atoms with van der Waals surface area (Å²) in [6.07, 6.45) is 1.43. The molecule has 0 saturated carbocycles. The molecule has 0 aliphatic rings. The number of H-pyrrole nitrogens is 1. The highest BCUT2D eigenvalue weighted by Crippen LogP contribution is 2.39. The van der Waals surface area contributed by atoms with Gasteiger partial charge in [0.2, 0.25) is 0 Å². The Hall–Kier alpha value is -4.44. The summed E-state index contributed by atoms with van der Waals surface area (Å²) in [5.41, 5.74) is 4.73. The molecule has 0 radical (unpaired) electrons. The first-order valence-corrected chi connectivity index (χ1v) is 10.4. The van der Waals surface area contributed by atoms with Gasteiger partial charge in [-0.3, -0.25) is 9.89 Å². The van der Waals surface area contributed by atoms with E-state index >= 15 is 0 Å². The molecule has 0 spiro atoms. The molecule has 164 valence electrons. The lowest BCUT2D eigenvalue weighted by Crippen LogP contribution is -2.06. The van der Waals surface area contributed by atoms with E-state index in [1.54, 1.807) is 48.5 Å². The lowest BCUT2D eigenvalue weighted by atomic mass is 9.84. The Balaban J connectivity index is 1.95. The molecule has 0 aliphatic carbocycles. The zero-order valence-corrected chi connectivity index (χ0v) is 18.1. The van der Waals surface area contributed by atoms with Crippen molar-refractivity contribution in [3.8, 4) is 22.9 Å². The van der Waals surface area contributed by atoms with Crippen LogP contribution >= 0.6 is 0 Å². The van der Waals surface area contributed by atoms with E-state index in [2.05, 4.69) is 16.3 Å². The summed E-state index contributed by atoms with van der Waals surface area (Å²) in [6, 6.07) is 17.6. The number of carbonyl (C=O) groups is 2. The van der Waals surface area contributed by atoms with Gasteiger partial charge in [-0.05, 0) is 71.6 Å². The van der Waals surface area contributed by atoms with E-state index < -0.39 is 5.97 Å². The molecule has 1 unspecified atom stereocenters. The lowest BCUT2D eigenvalue weighted by Gasteiger charge is -2.20. The summed E-state index contributed by atoms with van der Waals surface area (Å²) >= 11 is 0. The maximum absolute atomic E-state index is 11.9. The molecular formula is C26H21N3O4. The fourth-order valence-electron chi connectivity index (χ4n) is 4.17. The van der Waals surface area contributed by atoms with Crippen LogP contribution in [0.3, 0.4) is 0 Å². The molecule has 0 amide bonds. The van der Waals surface area contributed by atoms with Crippen molar-refractivity contribution in [2.75, 3.05) is 7.11 Å². The molecule has 0 bridgehead atoms. The van der Waals surface area contributed by atoms with E-state index in [1.807, 2.05) is 13.0 Å². The van der Waals surface area contributed by atoms with Crippen LogP contribution in [0.2, 0.25) is 0 Å². The maximum atomic E-state index is 11.9. The number of nitrogens with one attached hydrogen (secondary N) is 1. The van der Waals surface area contributed by atoms with Crippen molar-refractivity contribution in [2.24, 2.45) is 0 Å². The third kappa shape index (κ3) is 3.94. The first-order chi connectivity index (χ1) is 16.0. The summed E-state index contributed by atoms with van der Waals surface area (Å²) in [5.74, 6) is -0.687. The van der Waals surface area contributed by atoms with Crippen molar-refractivity contribution in [3.63, 3.8) is 0 Å². The van der Waals surface area contributed by atoms with Crippen molar-refractivity contribution >= 4 is 23.2 Å². The fourth-order valence-corrected chi connectivity index (χ4v) is 4.17. The van der Waals surface area contributed by atoms with Gasteiger partial charge in [-0.2, -0.15) is 10.4 Å². The Kier molecular flexibility index (Phi) is 5.92. The third-order valence-electron chi connectivity index (χ3n) is 5.81. The van der Waals surface area contributed by atoms with Crippen LogP contribution in [0.1, 0.15) is 56.8 Å². The van der Waals surface area contributed by atoms with Gasteiger partial charge in [0.1, 0.15) is 5.75 Å². The SMILES string of the molecule is CCC(c1ccc(C(=O)O)cc1-c1ccc(OC)cc1C=O)c1n[nH]c2cc(C#N)ccc12. The van der Waals surface area contributed by atoms with Crippen molar-refractivity contribution in [1.82, 2.24) is 10.2 Å². The number of carbonyl (C=O) groups excluding carboxylic acids is 1. The molecule has 1 aromatic heterocycles. The van der Waals surface area contributed by atoms with Crippen LogP contribution in [0.4, 0.5) is 0 Å². The number of hydrogen-bond acceptors (Lipinski definition) is 5. The average molecular weight is 439 g/mol. The number of hydrogen-bond donors (Lipinski definition) is 2. The smallest absolute Gasteiger partial charge is 0.335 e. The number of methoxy groups -OCH3 is 1. The number of aromatic carboxylic acids is 1. The van der Waals surface area contributed by atoms with E-state index in [9.17, 15) is 20.0 Å². The van der Waals surface area contributed by atoms with Gasteiger partial charge in [-0.25, -0.2) is 4.79 Å². The van der Waals surface area contributed by atoms with E-state index in [4.69, 9.17) is 4.74 Å². The van der Waals surface area contributed by atoms with Gasteiger partial charge in [-0.15, -0.1) is 0 Å². The first kappa shape index (κ1) is 21.8. The van der Waals surface area contributed by atoms with Gasteiger partial charge in [-0.1, -0.05) is 13.0 Å². The van der Waals surface area contributed by atoms with Gasteiger partial charge in [0, 0.05) is 16.9 Å². The minimum absolute atomic E-state index is 0.127. The monoisotopic (exact) mass is 439 g/mol. The molecule has 7 heteroatoms. The predicted octanol–water partition coefficient (Wildman–Crippen LogP) is 5.16. The number of carboxylic acids is 1. The molecule has 1 heterocycles. The maximum Gasteiger partial charge on any atom is 0.335 e. The number of benzene rings is 3. The molecule has 0 fully saturated rings. The Morgan fingerprint density at radius 3 is 2.67 bits per heavy atom. The van der Waals surface area contributed by atoms with Crippen LogP contribution in [0.5, 0.6) is 5.75 Å². The van der Waals surface area contributed by atoms with Crippen LogP contribution in [0, 0.1) is 11.3 Å². The lowest BCUT2D eigenvalue weighted by molar-refractivity contribution is 0.0696. The normalized spacial score (nSPS) is 11.7. The standard InChI is InChI=1S/C26H21N3O4/c1-3-19(25-22-7-4-15(13-27)10-24(22)28-29-25)21-8-5-16(26(31)32)12-23(21)20-9-6-18(33-2)11-17(20)14-30/h4-12,14,19H,3H2,1-2H3,(H,28,29)(H,31,32). The number of ether oxygens (including phenoxy) is 1. The highest BCUT2D eigenvalue weighted by atomic mass is 16.5. The Labute approximate surface area is 190 Å². The fraction of sp³-hybridized carbons (Fsp3) is 0.154. The quantitative estimate of drug-likeness (QED) is 0.384. The van der Waals surface area contributed by atoms with Crippen molar-refractivity contribution in [3.05, 3.63) is 82.5 Å². The number of carboxylic acid groups (broad SMARTS) is 1. The van der Waals surface area contributed by atoms with Crippen molar-refractivity contribution in [2.45, 2.75) is 19.3 Å². The Bertz CT molecular complexity index is 1420. The van der Waals surface area contributed by atoms with Crippen molar-refractivity contribution < 1.29 is 19.4 Å². The topological polar surface area (TPSA) is 116 Å². The number of aromatic nitrogens is 2. The molecule has 4 aromatic rings. The van der Waals surface area contributed by atoms with Gasteiger partial charge in [0.15, 0.2) is 6.29 Å². The van der Waals surface area contributed by atoms with Crippen molar-refractivity contribution in [1.29, 1.82) is 5.26 Å². The Morgan fingerprint density at radius 1 is 1.18 bits per heavy atom. The van der Waals surface area contributed by atoms with E-state index in [1.165, 1.54) is 7.11 Å². The molecule has 1 atom stereocenters. The van der Waals surface area contributed by atoms with E-state index in [0.717, 1.165) is 28.4 Å². The van der Waals surface area contributed by atoms with Crippen LogP contribution < -0.4 is 4.74 Å². The molecule has 3 aromatic carbocycles. The van der Waals surface area contributed by atoms with Gasteiger partial charge in [0.05, 0.1) is 35.5 Å². The van der Waals surface area contributed by atoms with Crippen LogP contribution in [-0.4, -0.2) is 34.7 Å². The van der Waals surface area contributed by atoms with Gasteiger partial charge < -0.3 is 9.84 Å². The van der Waals surface area contributed by atoms with Crippen LogP contribution in [0.25, 0.3) is 22.0 Å². The van der Waals surface area contributed by atoms with E-state index in [-0.39, 0.29) is 11.5 Å². The molecule has 0 saturated heterocycles. The minimum Gasteiger partial charge on any atom is -0.497 e. The molecule has 2 N–H and O–H groups in total. The summed E-state index contributed by atoms with van der Waals surface area (Å²) in [7, 11) is 1.52. The number of fused-ring (bicyclic) bond motifs is 1. The molecule has 7 nitrogen and oxygen atoms in total. The third-order valence-corrected chi connectivity index (χ3v) is 5.81. The summed E-state index contributed by atoms with van der Waals surface area (Å²) in [4.78, 5) is 23.6. The Morgan fingerprint density at radius 2 is 2.00 bits per heavy atom. The number of nitrogens with zero attached hydrogens (tertiary/aromatic N) is 2. The molecule has 33 heavy (non-hydrogen) atoms. The zero-order chi connectivity index (χ0) is 23.5. The predicted molar refractivity (Wildman–Crippen MR) is 124 cm³/mol. The molecular weight excluding hydrogens is 418 g/mol. The zero-order valence-electron chi connectivity index (χ0n) is 18.1. The number of nitriles is 1. The van der Waals surface area contributed by atoms with Gasteiger partial charge >= 0.3 is 5.97 Å². The summed E-state index contributed by atoms with van der Waals surface area (Å²) < 4.78 is 5.24. The first-order valence-electron chi connectivity index (χ1n) is 10.4. The number of aldehydes is 1. The highest BCUT2D eigenvalue weighted by molar-refractivity contribution is 5.94. The second kappa shape index (κ2) is 8.97. The molecule has 0 aliphatic heterocycles. The van der Waals surface area contributed by atoms with Crippen LogP contribution in [-0.2, 0) is 0 Å². The summed E-state index contributed by atoms with van der Waals surface area (Å²) in [5, 5.41) is 27.2. The second-order valence-electron chi connectivity index (χ2n) is 7.62. The van der Waals surface area contributed by atoms with Crippen LogP contribution in [0.15, 0.2) is 54.6 Å². The second-order valence-corrected chi connectivity index (χ2v) is 7.62. The molecule has 4 rings (SSSR count). The van der Waals surface area contributed by atoms with E-state index in [0.29, 0.717) is 34.4 Å². The highest BCUT2D eigenvalue weighted by Gasteiger charge is 2.24. The van der Waals surface area contributed by atoms with Gasteiger partial charge in [0.25, 0.3) is 0 Å². The number of rotatable bonds is 7. The minimum atomic E-state index is -1.05. The largest absolute Gasteiger partial charge is 0.497 e.